The van der Waals surface area contributed by atoms with Gasteiger partial charge in [-0.15, -0.1) is 0 Å². The molecule has 4 nitrogen and oxygen atoms in total. The van der Waals surface area contributed by atoms with Crippen molar-refractivity contribution in [1.82, 2.24) is 5.32 Å². The van der Waals surface area contributed by atoms with Gasteiger partial charge in [-0.2, -0.15) is 0 Å². The number of hydrogen-bond acceptors (Lipinski definition) is 4. The molecule has 0 bridgehead atoms. The van der Waals surface area contributed by atoms with Crippen LogP contribution in [0.15, 0.2) is 18.2 Å². The highest BCUT2D eigenvalue weighted by molar-refractivity contribution is 7.91. The molecule has 1 fully saturated rings. The highest BCUT2D eigenvalue weighted by atomic mass is 35.5. The summed E-state index contributed by atoms with van der Waals surface area (Å²) in [6, 6.07) is 5.79. The highest BCUT2D eigenvalue weighted by Gasteiger charge is 2.30. The van der Waals surface area contributed by atoms with Gasteiger partial charge in [-0.25, -0.2) is 8.42 Å². The van der Waals surface area contributed by atoms with Gasteiger partial charge in [0.15, 0.2) is 9.84 Å². The Morgan fingerprint density at radius 2 is 2.25 bits per heavy atom. The van der Waals surface area contributed by atoms with Gasteiger partial charge in [0.1, 0.15) is 5.75 Å². The molecule has 1 saturated heterocycles. The summed E-state index contributed by atoms with van der Waals surface area (Å²) in [4.78, 5) is 0. The minimum atomic E-state index is -2.82. The van der Waals surface area contributed by atoms with Crippen LogP contribution in [0.2, 0.25) is 5.02 Å². The first-order chi connectivity index (χ1) is 9.45. The molecular formula is C14H20ClNO3S. The molecule has 2 atom stereocenters. The molecule has 1 heterocycles. The van der Waals surface area contributed by atoms with Crippen LogP contribution in [0.5, 0.6) is 5.75 Å². The van der Waals surface area contributed by atoms with E-state index in [1.54, 1.807) is 7.11 Å². The second-order valence-electron chi connectivity index (χ2n) is 5.24. The predicted octanol–water partition coefficient (Wildman–Crippen LogP) is 2.43. The normalized spacial score (nSPS) is 22.6. The average Bonchev–Trinajstić information content (AvgIpc) is 2.76. The molecule has 1 aromatic carbocycles. The van der Waals surface area contributed by atoms with Gasteiger partial charge in [-0.3, -0.25) is 0 Å². The third kappa shape index (κ3) is 3.65. The maximum Gasteiger partial charge on any atom is 0.150 e. The van der Waals surface area contributed by atoms with E-state index in [4.69, 9.17) is 16.3 Å². The Balaban J connectivity index is 2.12. The van der Waals surface area contributed by atoms with Gasteiger partial charge >= 0.3 is 0 Å². The van der Waals surface area contributed by atoms with E-state index >= 15 is 0 Å². The summed E-state index contributed by atoms with van der Waals surface area (Å²) in [5, 5.41) is 3.83. The van der Waals surface area contributed by atoms with E-state index in [1.807, 2.05) is 25.2 Å². The van der Waals surface area contributed by atoms with E-state index < -0.39 is 9.84 Å². The molecular weight excluding hydrogens is 298 g/mol. The minimum absolute atomic E-state index is 0.111. The quantitative estimate of drug-likeness (QED) is 0.906. The first-order valence-corrected chi connectivity index (χ1v) is 8.86. The zero-order chi connectivity index (χ0) is 14.8. The molecule has 1 aliphatic rings. The van der Waals surface area contributed by atoms with Crippen molar-refractivity contribution in [2.24, 2.45) is 5.92 Å². The Bertz CT molecular complexity index is 574. The van der Waals surface area contributed by atoms with E-state index in [9.17, 15) is 8.42 Å². The Morgan fingerprint density at radius 1 is 1.50 bits per heavy atom. The lowest BCUT2D eigenvalue weighted by atomic mass is 9.94. The number of rotatable bonds is 5. The summed E-state index contributed by atoms with van der Waals surface area (Å²) in [7, 11) is 0.646. The molecule has 0 radical (unpaired) electrons. The number of nitrogens with one attached hydrogen (secondary N) is 1. The van der Waals surface area contributed by atoms with Crippen LogP contribution in [0.4, 0.5) is 0 Å². The smallest absolute Gasteiger partial charge is 0.150 e. The van der Waals surface area contributed by atoms with Crippen molar-refractivity contribution < 1.29 is 13.2 Å². The third-order valence-electron chi connectivity index (χ3n) is 3.82. The fraction of sp³-hybridized carbons (Fsp3) is 0.571. The van der Waals surface area contributed by atoms with Crippen molar-refractivity contribution in [1.29, 1.82) is 0 Å². The van der Waals surface area contributed by atoms with Crippen LogP contribution in [0, 0.1) is 5.92 Å². The first-order valence-electron chi connectivity index (χ1n) is 6.66. The summed E-state index contributed by atoms with van der Waals surface area (Å²) in [5.41, 5.74) is 1.07. The van der Waals surface area contributed by atoms with E-state index in [-0.39, 0.29) is 12.0 Å². The Labute approximate surface area is 125 Å². The minimum Gasteiger partial charge on any atom is -0.495 e. The van der Waals surface area contributed by atoms with Gasteiger partial charge in [-0.05, 0) is 43.5 Å². The molecule has 2 unspecified atom stereocenters. The van der Waals surface area contributed by atoms with E-state index in [2.05, 4.69) is 5.32 Å². The van der Waals surface area contributed by atoms with Gasteiger partial charge in [0.05, 0.1) is 23.6 Å². The molecule has 6 heteroatoms. The Hall–Kier alpha value is -0.780. The molecule has 0 aliphatic carbocycles. The van der Waals surface area contributed by atoms with Crippen molar-refractivity contribution in [3.8, 4) is 5.75 Å². The summed E-state index contributed by atoms with van der Waals surface area (Å²) in [6.45, 7) is 0. The van der Waals surface area contributed by atoms with Crippen LogP contribution in [0.1, 0.15) is 24.4 Å². The lowest BCUT2D eigenvalue weighted by Crippen LogP contribution is -2.20. The van der Waals surface area contributed by atoms with Crippen LogP contribution >= 0.6 is 11.6 Å². The second kappa shape index (κ2) is 6.33. The lowest BCUT2D eigenvalue weighted by Gasteiger charge is -2.20. The number of ether oxygens (including phenoxy) is 1. The SMILES string of the molecule is CNC(CC1CCS(=O)(=O)C1)c1ccc(Cl)c(OC)c1. The van der Waals surface area contributed by atoms with Gasteiger partial charge in [-0.1, -0.05) is 17.7 Å². The predicted molar refractivity (Wildman–Crippen MR) is 81.2 cm³/mol. The first kappa shape index (κ1) is 15.6. The topological polar surface area (TPSA) is 55.4 Å². The van der Waals surface area contributed by atoms with Gasteiger partial charge in [0, 0.05) is 6.04 Å². The fourth-order valence-corrected chi connectivity index (χ4v) is 4.78. The maximum atomic E-state index is 11.5. The molecule has 20 heavy (non-hydrogen) atoms. The molecule has 2 rings (SSSR count). The van der Waals surface area contributed by atoms with E-state index in [0.717, 1.165) is 18.4 Å². The molecule has 1 aliphatic heterocycles. The van der Waals surface area contributed by atoms with Crippen LogP contribution in [-0.4, -0.2) is 34.1 Å². The van der Waals surface area contributed by atoms with E-state index in [1.165, 1.54) is 0 Å². The molecule has 1 N–H and O–H groups in total. The number of halogens is 1. The van der Waals surface area contributed by atoms with Crippen molar-refractivity contribution in [3.05, 3.63) is 28.8 Å². The zero-order valence-electron chi connectivity index (χ0n) is 11.7. The fourth-order valence-electron chi connectivity index (χ4n) is 2.70. The number of sulfone groups is 1. The van der Waals surface area contributed by atoms with Crippen LogP contribution < -0.4 is 10.1 Å². The molecule has 0 aromatic heterocycles. The standard InChI is InChI=1S/C14H20ClNO3S/c1-16-13(7-10-5-6-20(17,18)9-10)11-3-4-12(15)14(8-11)19-2/h3-4,8,10,13,16H,5-7,9H2,1-2H3. The average molecular weight is 318 g/mol. The number of benzene rings is 1. The van der Waals surface area contributed by atoms with Crippen molar-refractivity contribution in [3.63, 3.8) is 0 Å². The molecule has 0 amide bonds. The highest BCUT2D eigenvalue weighted by Crippen LogP contribution is 2.32. The Kier molecular flexibility index (Phi) is 4.94. The Morgan fingerprint density at radius 3 is 2.80 bits per heavy atom. The summed E-state index contributed by atoms with van der Waals surface area (Å²) in [5.74, 6) is 1.48. The monoisotopic (exact) mass is 317 g/mol. The van der Waals surface area contributed by atoms with Crippen molar-refractivity contribution in [2.45, 2.75) is 18.9 Å². The number of hydrogen-bond donors (Lipinski definition) is 1. The van der Waals surface area contributed by atoms with Gasteiger partial charge in [0.25, 0.3) is 0 Å². The second-order valence-corrected chi connectivity index (χ2v) is 7.88. The van der Waals surface area contributed by atoms with Gasteiger partial charge < -0.3 is 10.1 Å². The summed E-state index contributed by atoms with van der Waals surface area (Å²) >= 11 is 6.03. The molecule has 0 spiro atoms. The lowest BCUT2D eigenvalue weighted by molar-refractivity contribution is 0.409. The molecule has 112 valence electrons. The summed E-state index contributed by atoms with van der Waals surface area (Å²) in [6.07, 6.45) is 1.56. The largest absolute Gasteiger partial charge is 0.495 e. The maximum absolute atomic E-state index is 11.5. The number of methoxy groups -OCH3 is 1. The molecule has 0 saturated carbocycles. The van der Waals surface area contributed by atoms with Crippen molar-refractivity contribution in [2.75, 3.05) is 25.7 Å². The zero-order valence-corrected chi connectivity index (χ0v) is 13.3. The third-order valence-corrected chi connectivity index (χ3v) is 5.97. The van der Waals surface area contributed by atoms with Crippen LogP contribution in [-0.2, 0) is 9.84 Å². The van der Waals surface area contributed by atoms with E-state index in [0.29, 0.717) is 22.3 Å². The summed E-state index contributed by atoms with van der Waals surface area (Å²) < 4.78 is 28.3. The van der Waals surface area contributed by atoms with Crippen LogP contribution in [0.25, 0.3) is 0 Å². The molecule has 1 aromatic rings. The van der Waals surface area contributed by atoms with Gasteiger partial charge in [0.2, 0.25) is 0 Å². The van der Waals surface area contributed by atoms with Crippen LogP contribution in [0.3, 0.4) is 0 Å². The van der Waals surface area contributed by atoms with Crippen molar-refractivity contribution >= 4 is 21.4 Å².